The van der Waals surface area contributed by atoms with Crippen LogP contribution in [0.2, 0.25) is 6.04 Å². The highest BCUT2D eigenvalue weighted by Gasteiger charge is 2.34. The van der Waals surface area contributed by atoms with Gasteiger partial charge in [0.05, 0.1) is 21.6 Å². The van der Waals surface area contributed by atoms with Crippen LogP contribution in [0.25, 0.3) is 0 Å². The number of rotatable bonds is 15. The summed E-state index contributed by atoms with van der Waals surface area (Å²) in [6, 6.07) is 0.640. The van der Waals surface area contributed by atoms with Crippen LogP contribution in [-0.2, 0) is 4.74 Å². The smallest absolute Gasteiger partial charge is 0.378 e. The Bertz CT molecular complexity index is 656. The van der Waals surface area contributed by atoms with Gasteiger partial charge in [-0.1, -0.05) is 58.3 Å². The molecule has 0 bridgehead atoms. The molecule has 2 aliphatic carbocycles. The zero-order valence-corrected chi connectivity index (χ0v) is 23.8. The van der Waals surface area contributed by atoms with E-state index in [0.717, 1.165) is 24.2 Å². The second-order valence-electron chi connectivity index (χ2n) is 9.88. The van der Waals surface area contributed by atoms with E-state index in [1.807, 2.05) is 0 Å². The van der Waals surface area contributed by atoms with Crippen molar-refractivity contribution in [1.82, 2.24) is 0 Å². The first-order chi connectivity index (χ1) is 16.2. The first-order valence-electron chi connectivity index (χ1n) is 13.0. The third kappa shape index (κ3) is 10.8. The molecule has 8 heteroatoms. The number of thiocarbonyl (C=S) groups is 3. The van der Waals surface area contributed by atoms with Crippen molar-refractivity contribution < 1.29 is 4.74 Å². The van der Waals surface area contributed by atoms with Crippen LogP contribution in [0.4, 0.5) is 0 Å². The number of nitrogens with zero attached hydrogens (tertiary/aromatic N) is 3. The maximum absolute atomic E-state index is 6.20. The third-order valence-corrected chi connectivity index (χ3v) is 10.9. The summed E-state index contributed by atoms with van der Waals surface area (Å²) in [5.74, 6) is 2.88. The maximum Gasteiger partial charge on any atom is 0.461 e. The summed E-state index contributed by atoms with van der Waals surface area (Å²) in [5, 5.41) is 7.18. The van der Waals surface area contributed by atoms with E-state index in [2.05, 4.69) is 36.4 Å². The van der Waals surface area contributed by atoms with Crippen LogP contribution in [0.15, 0.2) is 14.0 Å². The Kier molecular flexibility index (Phi) is 14.9. The van der Waals surface area contributed by atoms with Crippen LogP contribution < -0.4 is 0 Å². The molecule has 2 aliphatic rings. The summed E-state index contributed by atoms with van der Waals surface area (Å²) >= 11 is 14.3. The molecule has 0 radical (unpaired) electrons. The summed E-state index contributed by atoms with van der Waals surface area (Å²) < 4.78 is 18.7. The first kappa shape index (κ1) is 28.8. The number of hydrogen-bond acceptors (Lipinski definition) is 7. The molecule has 0 atom stereocenters. The Morgan fingerprint density at radius 1 is 0.727 bits per heavy atom. The van der Waals surface area contributed by atoms with Crippen molar-refractivity contribution >= 4 is 60.7 Å². The number of ether oxygens (including phenoxy) is 1. The van der Waals surface area contributed by atoms with E-state index < -0.39 is 8.56 Å². The monoisotopic (exact) mass is 523 g/mol. The molecule has 0 unspecified atom stereocenters. The summed E-state index contributed by atoms with van der Waals surface area (Å²) in [5.41, 5.74) is 0. The van der Waals surface area contributed by atoms with E-state index in [9.17, 15) is 0 Å². The summed E-state index contributed by atoms with van der Waals surface area (Å²) in [6.07, 6.45) is 20.7. The predicted octanol–water partition coefficient (Wildman–Crippen LogP) is 8.37. The van der Waals surface area contributed by atoms with Crippen molar-refractivity contribution in [3.05, 3.63) is 0 Å². The molecule has 2 saturated carbocycles. The molecule has 33 heavy (non-hydrogen) atoms. The lowest BCUT2D eigenvalue weighted by Crippen LogP contribution is -2.30. The van der Waals surface area contributed by atoms with Crippen LogP contribution in [-0.4, -0.2) is 36.8 Å². The van der Waals surface area contributed by atoms with E-state index in [4.69, 9.17) is 41.4 Å². The summed E-state index contributed by atoms with van der Waals surface area (Å²) in [7, 11) is -2.79. The molecule has 0 aliphatic heterocycles. The molecule has 2 rings (SSSR count). The molecule has 0 heterocycles. The second kappa shape index (κ2) is 17.1. The minimum Gasteiger partial charge on any atom is -0.378 e. The Morgan fingerprint density at radius 3 is 1.82 bits per heavy atom. The SMILES string of the molecule is CCCCCCC[C@H]1CC[C@H]([C@H]2CC[C@H](OCCC[Si](N=C=S)(N=C=S)N=C=S)CC2)CC1. The fourth-order valence-electron chi connectivity index (χ4n) is 5.73. The molecule has 2 fully saturated rings. The van der Waals surface area contributed by atoms with Gasteiger partial charge in [-0.25, -0.2) is 14.0 Å². The van der Waals surface area contributed by atoms with E-state index in [0.29, 0.717) is 18.8 Å². The lowest BCUT2D eigenvalue weighted by Gasteiger charge is -2.38. The van der Waals surface area contributed by atoms with Gasteiger partial charge >= 0.3 is 8.56 Å². The molecule has 0 aromatic rings. The van der Waals surface area contributed by atoms with Gasteiger partial charge in [-0.15, -0.1) is 0 Å². The van der Waals surface area contributed by atoms with Gasteiger partial charge < -0.3 is 4.74 Å². The van der Waals surface area contributed by atoms with Gasteiger partial charge in [0.25, 0.3) is 0 Å². The van der Waals surface area contributed by atoms with Crippen molar-refractivity contribution in [3.63, 3.8) is 0 Å². The highest BCUT2D eigenvalue weighted by Crippen LogP contribution is 2.41. The quantitative estimate of drug-likeness (QED) is 0.0936. The van der Waals surface area contributed by atoms with Crippen LogP contribution in [0.5, 0.6) is 0 Å². The largest absolute Gasteiger partial charge is 0.461 e. The molecular weight excluding hydrogens is 483 g/mol. The number of isothiocyanates is 3. The highest BCUT2D eigenvalue weighted by molar-refractivity contribution is 7.78. The third-order valence-electron chi connectivity index (χ3n) is 7.68. The zero-order chi connectivity index (χ0) is 23.8. The maximum atomic E-state index is 6.20. The lowest BCUT2D eigenvalue weighted by atomic mass is 9.70. The second-order valence-corrected chi connectivity index (χ2v) is 13.1. The lowest BCUT2D eigenvalue weighted by molar-refractivity contribution is 0.00715. The van der Waals surface area contributed by atoms with Crippen molar-refractivity contribution in [3.8, 4) is 0 Å². The summed E-state index contributed by atoms with van der Waals surface area (Å²) in [6.45, 7) is 2.98. The van der Waals surface area contributed by atoms with Gasteiger partial charge in [-0.2, -0.15) is 0 Å². The van der Waals surface area contributed by atoms with Crippen LogP contribution >= 0.6 is 36.7 Å². The van der Waals surface area contributed by atoms with E-state index in [-0.39, 0.29) is 0 Å². The number of unbranched alkanes of at least 4 members (excludes halogenated alkanes) is 4. The van der Waals surface area contributed by atoms with Gasteiger partial charge in [-0.3, -0.25) is 0 Å². The zero-order valence-electron chi connectivity index (χ0n) is 20.3. The van der Waals surface area contributed by atoms with Gasteiger partial charge in [0, 0.05) is 12.7 Å². The van der Waals surface area contributed by atoms with Gasteiger partial charge in [-0.05, 0) is 99.4 Å². The topological polar surface area (TPSA) is 46.3 Å². The van der Waals surface area contributed by atoms with Crippen LogP contribution in [0.3, 0.4) is 0 Å². The fourth-order valence-corrected chi connectivity index (χ4v) is 8.59. The highest BCUT2D eigenvalue weighted by atomic mass is 32.1. The predicted molar refractivity (Wildman–Crippen MR) is 151 cm³/mol. The molecular formula is C25H41N3OS3Si. The average molecular weight is 524 g/mol. The Labute approximate surface area is 218 Å². The molecule has 4 nitrogen and oxygen atoms in total. The Morgan fingerprint density at radius 2 is 1.27 bits per heavy atom. The Balaban J connectivity index is 1.62. The molecule has 0 aromatic carbocycles. The summed E-state index contributed by atoms with van der Waals surface area (Å²) in [4.78, 5) is 0. The molecule has 184 valence electrons. The van der Waals surface area contributed by atoms with Crippen LogP contribution in [0, 0.1) is 17.8 Å². The minimum atomic E-state index is -2.79. The minimum absolute atomic E-state index is 0.383. The molecule has 0 spiro atoms. The fraction of sp³-hybridized carbons (Fsp3) is 0.880. The average Bonchev–Trinajstić information content (AvgIpc) is 2.83. The molecule has 0 aromatic heterocycles. The van der Waals surface area contributed by atoms with E-state index >= 15 is 0 Å². The molecule has 0 N–H and O–H groups in total. The molecule has 0 amide bonds. The number of hydrogen-bond donors (Lipinski definition) is 0. The normalized spacial score (nSPS) is 26.8. The van der Waals surface area contributed by atoms with Crippen molar-refractivity contribution in [1.29, 1.82) is 0 Å². The van der Waals surface area contributed by atoms with Crippen LogP contribution in [0.1, 0.15) is 103 Å². The van der Waals surface area contributed by atoms with Crippen molar-refractivity contribution in [2.24, 2.45) is 31.7 Å². The van der Waals surface area contributed by atoms with Gasteiger partial charge in [0.15, 0.2) is 0 Å². The van der Waals surface area contributed by atoms with E-state index in [1.54, 1.807) is 0 Å². The Hall–Kier alpha value is -0.423. The van der Waals surface area contributed by atoms with Gasteiger partial charge in [0.2, 0.25) is 0 Å². The van der Waals surface area contributed by atoms with E-state index in [1.165, 1.54) is 89.9 Å². The standard InChI is InChI=1S/C25H41N3OS3Si/c1-2-3-4-5-6-8-22-9-11-23(12-10-22)24-13-15-25(16-14-24)29-17-7-18-33(26-19-30,27-20-31)28-21-32/h22-25H,2-18H2,1H3/t22-,23-,24-,25-. The first-order valence-corrected chi connectivity index (χ1v) is 16.3. The van der Waals surface area contributed by atoms with Crippen molar-refractivity contribution in [2.75, 3.05) is 6.61 Å². The molecule has 0 saturated heterocycles. The van der Waals surface area contributed by atoms with Crippen molar-refractivity contribution in [2.45, 2.75) is 115 Å². The van der Waals surface area contributed by atoms with Gasteiger partial charge in [0.1, 0.15) is 0 Å².